The van der Waals surface area contributed by atoms with Gasteiger partial charge in [-0.05, 0) is 30.2 Å². The summed E-state index contributed by atoms with van der Waals surface area (Å²) in [6, 6.07) is 9.84. The van der Waals surface area contributed by atoms with E-state index in [-0.39, 0.29) is 5.28 Å². The summed E-state index contributed by atoms with van der Waals surface area (Å²) in [7, 11) is 0. The molecule has 2 rings (SSSR count). The molecule has 0 saturated carbocycles. The van der Waals surface area contributed by atoms with Gasteiger partial charge in [0.1, 0.15) is 0 Å². The molecule has 0 N–H and O–H groups in total. The smallest absolute Gasteiger partial charge is 0.222 e. The Balaban J connectivity index is 2.37. The zero-order chi connectivity index (χ0) is 12.1. The predicted octanol–water partition coefficient (Wildman–Crippen LogP) is 3.33. The van der Waals surface area contributed by atoms with Crippen LogP contribution in [-0.2, 0) is 11.3 Å². The Morgan fingerprint density at radius 3 is 2.82 bits per heavy atom. The van der Waals surface area contributed by atoms with Crippen LogP contribution < -0.4 is 0 Å². The van der Waals surface area contributed by atoms with Crippen LogP contribution >= 0.6 is 11.6 Å². The number of hydrogen-bond donors (Lipinski definition) is 0. The van der Waals surface area contributed by atoms with Crippen LogP contribution in [0.5, 0.6) is 0 Å². The van der Waals surface area contributed by atoms with Gasteiger partial charge in [-0.25, -0.2) is 9.97 Å². The van der Waals surface area contributed by atoms with Gasteiger partial charge in [-0.1, -0.05) is 24.3 Å². The third-order valence-electron chi connectivity index (χ3n) is 2.38. The molecule has 17 heavy (non-hydrogen) atoms. The summed E-state index contributed by atoms with van der Waals surface area (Å²) >= 11 is 5.80. The van der Waals surface area contributed by atoms with E-state index in [9.17, 15) is 0 Å². The lowest BCUT2D eigenvalue weighted by Gasteiger charge is -2.08. The fraction of sp³-hybridized carbons (Fsp3) is 0.231. The second-order valence-corrected chi connectivity index (χ2v) is 3.84. The lowest BCUT2D eigenvalue weighted by Crippen LogP contribution is -1.96. The maximum atomic E-state index is 5.80. The van der Waals surface area contributed by atoms with Gasteiger partial charge in [0.2, 0.25) is 5.28 Å². The molecule has 0 saturated heterocycles. The van der Waals surface area contributed by atoms with Gasteiger partial charge in [-0.15, -0.1) is 0 Å². The highest BCUT2D eigenvalue weighted by molar-refractivity contribution is 6.28. The van der Waals surface area contributed by atoms with Crippen molar-refractivity contribution < 1.29 is 4.74 Å². The molecule has 0 unspecified atom stereocenters. The fourth-order valence-corrected chi connectivity index (χ4v) is 1.74. The first kappa shape index (κ1) is 12.0. The van der Waals surface area contributed by atoms with Crippen LogP contribution in [0.15, 0.2) is 36.5 Å². The number of benzene rings is 1. The quantitative estimate of drug-likeness (QED) is 0.779. The van der Waals surface area contributed by atoms with Crippen molar-refractivity contribution in [3.63, 3.8) is 0 Å². The number of halogens is 1. The third-order valence-corrected chi connectivity index (χ3v) is 2.56. The van der Waals surface area contributed by atoms with Crippen LogP contribution in [0, 0.1) is 0 Å². The average Bonchev–Trinajstić information content (AvgIpc) is 2.37. The molecule has 0 atom stereocenters. The summed E-state index contributed by atoms with van der Waals surface area (Å²) in [4.78, 5) is 8.09. The van der Waals surface area contributed by atoms with Gasteiger partial charge in [0.15, 0.2) is 0 Å². The third kappa shape index (κ3) is 3.02. The normalized spacial score (nSPS) is 10.5. The van der Waals surface area contributed by atoms with Crippen molar-refractivity contribution in [1.82, 2.24) is 9.97 Å². The van der Waals surface area contributed by atoms with E-state index >= 15 is 0 Å². The van der Waals surface area contributed by atoms with Crippen molar-refractivity contribution in [1.29, 1.82) is 0 Å². The lowest BCUT2D eigenvalue weighted by molar-refractivity contribution is 0.134. The molecule has 88 valence electrons. The van der Waals surface area contributed by atoms with Gasteiger partial charge >= 0.3 is 0 Å². The van der Waals surface area contributed by atoms with Crippen LogP contribution in [0.25, 0.3) is 11.3 Å². The van der Waals surface area contributed by atoms with Crippen LogP contribution in [0.3, 0.4) is 0 Å². The molecule has 0 bridgehead atoms. The molecule has 0 amide bonds. The SMILES string of the molecule is CCOCc1ccccc1-c1ccnc(Cl)n1. The maximum Gasteiger partial charge on any atom is 0.222 e. The molecule has 1 aromatic heterocycles. The first-order valence-corrected chi connectivity index (χ1v) is 5.83. The van der Waals surface area contributed by atoms with Gasteiger partial charge in [0, 0.05) is 18.4 Å². The molecule has 0 aliphatic carbocycles. The lowest BCUT2D eigenvalue weighted by atomic mass is 10.1. The Morgan fingerprint density at radius 2 is 2.06 bits per heavy atom. The monoisotopic (exact) mass is 248 g/mol. The second kappa shape index (κ2) is 5.75. The van der Waals surface area contributed by atoms with E-state index in [4.69, 9.17) is 16.3 Å². The highest BCUT2D eigenvalue weighted by Gasteiger charge is 2.06. The summed E-state index contributed by atoms with van der Waals surface area (Å²) in [6.07, 6.45) is 1.65. The Hall–Kier alpha value is -1.45. The minimum Gasteiger partial charge on any atom is -0.377 e. The standard InChI is InChI=1S/C13H13ClN2O/c1-2-17-9-10-5-3-4-6-11(10)12-7-8-15-13(14)16-12/h3-8H,2,9H2,1H3. The van der Waals surface area contributed by atoms with Gasteiger partial charge < -0.3 is 4.74 Å². The van der Waals surface area contributed by atoms with E-state index in [1.54, 1.807) is 6.20 Å². The van der Waals surface area contributed by atoms with E-state index in [0.717, 1.165) is 16.8 Å². The molecule has 0 spiro atoms. The molecular formula is C13H13ClN2O. The Bertz CT molecular complexity index is 502. The van der Waals surface area contributed by atoms with Crippen LogP contribution in [0.2, 0.25) is 5.28 Å². The van der Waals surface area contributed by atoms with Gasteiger partial charge in [-0.2, -0.15) is 0 Å². The summed E-state index contributed by atoms with van der Waals surface area (Å²) in [6.45, 7) is 3.25. The second-order valence-electron chi connectivity index (χ2n) is 3.51. The van der Waals surface area contributed by atoms with Crippen LogP contribution in [0.1, 0.15) is 12.5 Å². The van der Waals surface area contributed by atoms with Crippen molar-refractivity contribution in [3.05, 3.63) is 47.4 Å². The Morgan fingerprint density at radius 1 is 1.24 bits per heavy atom. The van der Waals surface area contributed by atoms with E-state index in [1.807, 2.05) is 37.3 Å². The minimum atomic E-state index is 0.258. The van der Waals surface area contributed by atoms with Crippen molar-refractivity contribution in [2.75, 3.05) is 6.61 Å². The number of rotatable bonds is 4. The number of hydrogen-bond acceptors (Lipinski definition) is 3. The first-order valence-electron chi connectivity index (χ1n) is 5.46. The molecule has 0 aliphatic rings. The highest BCUT2D eigenvalue weighted by atomic mass is 35.5. The minimum absolute atomic E-state index is 0.258. The van der Waals surface area contributed by atoms with E-state index in [2.05, 4.69) is 9.97 Å². The van der Waals surface area contributed by atoms with E-state index < -0.39 is 0 Å². The maximum absolute atomic E-state index is 5.80. The van der Waals surface area contributed by atoms with Crippen LogP contribution in [0.4, 0.5) is 0 Å². The van der Waals surface area contributed by atoms with Gasteiger partial charge in [0.05, 0.1) is 12.3 Å². The van der Waals surface area contributed by atoms with Gasteiger partial charge in [-0.3, -0.25) is 0 Å². The van der Waals surface area contributed by atoms with Crippen LogP contribution in [-0.4, -0.2) is 16.6 Å². The molecule has 3 nitrogen and oxygen atoms in total. The molecule has 4 heteroatoms. The van der Waals surface area contributed by atoms with Crippen molar-refractivity contribution in [2.24, 2.45) is 0 Å². The molecule has 1 heterocycles. The Labute approximate surface area is 105 Å². The first-order chi connectivity index (χ1) is 8.31. The average molecular weight is 249 g/mol. The van der Waals surface area contributed by atoms with E-state index in [1.165, 1.54) is 0 Å². The topological polar surface area (TPSA) is 35.0 Å². The molecule has 0 fully saturated rings. The number of aromatic nitrogens is 2. The fourth-order valence-electron chi connectivity index (χ4n) is 1.59. The summed E-state index contributed by atoms with van der Waals surface area (Å²) in [5, 5.41) is 0.258. The molecule has 1 aromatic carbocycles. The van der Waals surface area contributed by atoms with Crippen molar-refractivity contribution >= 4 is 11.6 Å². The van der Waals surface area contributed by atoms with E-state index in [0.29, 0.717) is 13.2 Å². The molecule has 0 radical (unpaired) electrons. The number of nitrogens with zero attached hydrogens (tertiary/aromatic N) is 2. The largest absolute Gasteiger partial charge is 0.377 e. The Kier molecular flexibility index (Phi) is 4.07. The number of ether oxygens (including phenoxy) is 1. The summed E-state index contributed by atoms with van der Waals surface area (Å²) < 4.78 is 5.44. The predicted molar refractivity (Wildman–Crippen MR) is 67.8 cm³/mol. The summed E-state index contributed by atoms with van der Waals surface area (Å²) in [5.41, 5.74) is 2.95. The van der Waals surface area contributed by atoms with Crippen molar-refractivity contribution in [3.8, 4) is 11.3 Å². The zero-order valence-electron chi connectivity index (χ0n) is 9.56. The van der Waals surface area contributed by atoms with Crippen molar-refractivity contribution in [2.45, 2.75) is 13.5 Å². The van der Waals surface area contributed by atoms with Gasteiger partial charge in [0.25, 0.3) is 0 Å². The summed E-state index contributed by atoms with van der Waals surface area (Å²) in [5.74, 6) is 0. The highest BCUT2D eigenvalue weighted by Crippen LogP contribution is 2.22. The zero-order valence-corrected chi connectivity index (χ0v) is 10.3. The molecular weight excluding hydrogens is 236 g/mol. The molecule has 2 aromatic rings. The molecule has 0 aliphatic heterocycles.